The Balaban J connectivity index is 1.69. The van der Waals surface area contributed by atoms with Crippen molar-refractivity contribution in [1.29, 1.82) is 0 Å². The van der Waals surface area contributed by atoms with E-state index in [-0.39, 0.29) is 18.0 Å². The van der Waals surface area contributed by atoms with Gasteiger partial charge in [-0.15, -0.1) is 6.58 Å². The van der Waals surface area contributed by atoms with Crippen molar-refractivity contribution in [3.05, 3.63) is 89.9 Å². The van der Waals surface area contributed by atoms with E-state index in [1.54, 1.807) is 48.5 Å². The Kier molecular flexibility index (Phi) is 8.88. The van der Waals surface area contributed by atoms with Crippen molar-refractivity contribution >= 4 is 23.5 Å². The number of amides is 2. The monoisotopic (exact) mass is 492 g/mol. The van der Waals surface area contributed by atoms with E-state index in [1.807, 2.05) is 0 Å². The van der Waals surface area contributed by atoms with Gasteiger partial charge in [-0.2, -0.15) is 0 Å². The van der Waals surface area contributed by atoms with E-state index in [4.69, 9.17) is 18.6 Å². The molecular formula is C27H28N2O7. The fraction of sp³-hybridized carbons (Fsp3) is 0.222. The molecule has 3 rings (SSSR count). The van der Waals surface area contributed by atoms with E-state index in [2.05, 4.69) is 11.9 Å². The zero-order valence-electron chi connectivity index (χ0n) is 20.4. The third-order valence-corrected chi connectivity index (χ3v) is 5.37. The Hall–Kier alpha value is -4.53. The number of furan rings is 1. The number of hydrogen-bond donors (Lipinski definition) is 1. The predicted octanol–water partition coefficient (Wildman–Crippen LogP) is 3.78. The lowest BCUT2D eigenvalue weighted by Gasteiger charge is -2.20. The summed E-state index contributed by atoms with van der Waals surface area (Å²) in [5.41, 5.74) is 1.56. The number of allylic oxidation sites excluding steroid dienone is 1. The fourth-order valence-corrected chi connectivity index (χ4v) is 3.54. The summed E-state index contributed by atoms with van der Waals surface area (Å²) >= 11 is 0. The number of para-hydroxylation sites is 1. The van der Waals surface area contributed by atoms with Gasteiger partial charge in [-0.05, 0) is 42.8 Å². The second-order valence-corrected chi connectivity index (χ2v) is 7.67. The molecule has 0 aliphatic rings. The summed E-state index contributed by atoms with van der Waals surface area (Å²) in [6.07, 6.45) is 3.64. The Morgan fingerprint density at radius 3 is 2.53 bits per heavy atom. The molecule has 0 spiro atoms. The van der Waals surface area contributed by atoms with Gasteiger partial charge in [0.1, 0.15) is 5.76 Å². The Morgan fingerprint density at radius 1 is 1.08 bits per heavy atom. The number of nitrogens with one attached hydrogen (secondary N) is 1. The van der Waals surface area contributed by atoms with E-state index >= 15 is 0 Å². The molecule has 0 aliphatic carbocycles. The molecule has 36 heavy (non-hydrogen) atoms. The first-order valence-corrected chi connectivity index (χ1v) is 11.1. The molecule has 0 saturated heterocycles. The number of anilines is 1. The number of carbonyl (C=O) groups excluding carboxylic acids is 3. The number of nitrogens with zero attached hydrogens (tertiary/aromatic N) is 1. The molecule has 0 aliphatic heterocycles. The van der Waals surface area contributed by atoms with Gasteiger partial charge < -0.3 is 28.8 Å². The number of carbonyl (C=O) groups is 3. The van der Waals surface area contributed by atoms with Gasteiger partial charge in [0, 0.05) is 12.6 Å². The predicted molar refractivity (Wildman–Crippen MR) is 133 cm³/mol. The van der Waals surface area contributed by atoms with Crippen LogP contribution >= 0.6 is 0 Å². The van der Waals surface area contributed by atoms with E-state index < -0.39 is 18.5 Å². The Morgan fingerprint density at radius 2 is 1.86 bits per heavy atom. The van der Waals surface area contributed by atoms with Crippen LogP contribution in [0.1, 0.15) is 32.0 Å². The molecule has 2 amide bonds. The summed E-state index contributed by atoms with van der Waals surface area (Å²) in [7, 11) is 4.48. The summed E-state index contributed by atoms with van der Waals surface area (Å²) in [5, 5.41) is 2.76. The van der Waals surface area contributed by atoms with Gasteiger partial charge in [0.2, 0.25) is 0 Å². The third-order valence-electron chi connectivity index (χ3n) is 5.37. The van der Waals surface area contributed by atoms with Gasteiger partial charge in [-0.3, -0.25) is 9.59 Å². The quantitative estimate of drug-likeness (QED) is 0.321. The van der Waals surface area contributed by atoms with Crippen molar-refractivity contribution < 1.29 is 33.0 Å². The molecule has 0 bridgehead atoms. The van der Waals surface area contributed by atoms with Crippen LogP contribution in [0.25, 0.3) is 0 Å². The van der Waals surface area contributed by atoms with Crippen molar-refractivity contribution in [2.45, 2.75) is 13.0 Å². The summed E-state index contributed by atoms with van der Waals surface area (Å²) < 4.78 is 21.2. The van der Waals surface area contributed by atoms with E-state index in [0.717, 1.165) is 0 Å². The van der Waals surface area contributed by atoms with Crippen molar-refractivity contribution in [3.8, 4) is 11.5 Å². The molecule has 9 heteroatoms. The first-order chi connectivity index (χ1) is 17.4. The molecule has 0 fully saturated rings. The van der Waals surface area contributed by atoms with Gasteiger partial charge in [0.25, 0.3) is 11.8 Å². The summed E-state index contributed by atoms with van der Waals surface area (Å²) in [5.74, 6) is -0.135. The zero-order valence-corrected chi connectivity index (χ0v) is 20.4. The number of likely N-dealkylation sites (N-methyl/N-ethyl adjacent to an activating group) is 1. The maximum Gasteiger partial charge on any atom is 0.338 e. The lowest BCUT2D eigenvalue weighted by Crippen LogP contribution is -2.33. The highest BCUT2D eigenvalue weighted by molar-refractivity contribution is 6.05. The minimum Gasteiger partial charge on any atom is -0.493 e. The first kappa shape index (κ1) is 26.1. The maximum atomic E-state index is 12.8. The average molecular weight is 493 g/mol. The zero-order chi connectivity index (χ0) is 26.1. The van der Waals surface area contributed by atoms with Crippen LogP contribution in [0, 0.1) is 0 Å². The molecular weight excluding hydrogens is 464 g/mol. The SMILES string of the molecule is C=CCc1cc(C(=O)OCC(=O)N(C)c2ccccc2C(=O)NCc2ccco2)cc(OC)c1OC. The van der Waals surface area contributed by atoms with Crippen LogP contribution in [0.15, 0.2) is 71.9 Å². The molecule has 1 N–H and O–H groups in total. The molecule has 0 unspecified atom stereocenters. The van der Waals surface area contributed by atoms with Gasteiger partial charge in [-0.1, -0.05) is 18.2 Å². The summed E-state index contributed by atoms with van der Waals surface area (Å²) in [6.45, 7) is 3.40. The van der Waals surface area contributed by atoms with Crippen LogP contribution in [0.3, 0.4) is 0 Å². The van der Waals surface area contributed by atoms with Crippen molar-refractivity contribution in [2.24, 2.45) is 0 Å². The molecule has 1 aromatic heterocycles. The van der Waals surface area contributed by atoms with Gasteiger partial charge in [0.05, 0.1) is 43.8 Å². The molecule has 188 valence electrons. The number of esters is 1. The summed E-state index contributed by atoms with van der Waals surface area (Å²) in [6, 6.07) is 13.2. The topological polar surface area (TPSA) is 107 Å². The highest BCUT2D eigenvalue weighted by atomic mass is 16.5. The fourth-order valence-electron chi connectivity index (χ4n) is 3.54. The van der Waals surface area contributed by atoms with Gasteiger partial charge in [0.15, 0.2) is 18.1 Å². The number of benzene rings is 2. The molecule has 9 nitrogen and oxygen atoms in total. The second kappa shape index (κ2) is 12.3. The first-order valence-electron chi connectivity index (χ1n) is 11.1. The number of rotatable bonds is 11. The van der Waals surface area contributed by atoms with Gasteiger partial charge >= 0.3 is 5.97 Å². The average Bonchev–Trinajstić information content (AvgIpc) is 3.43. The molecule has 2 aromatic carbocycles. The van der Waals surface area contributed by atoms with Crippen LogP contribution in [0.5, 0.6) is 11.5 Å². The summed E-state index contributed by atoms with van der Waals surface area (Å²) in [4.78, 5) is 39.6. The minimum absolute atomic E-state index is 0.203. The molecule has 0 atom stereocenters. The van der Waals surface area contributed by atoms with E-state index in [1.165, 1.54) is 38.5 Å². The highest BCUT2D eigenvalue weighted by Gasteiger charge is 2.21. The lowest BCUT2D eigenvalue weighted by molar-refractivity contribution is -0.121. The Bertz CT molecular complexity index is 1230. The van der Waals surface area contributed by atoms with Crippen LogP contribution < -0.4 is 19.7 Å². The molecule has 0 radical (unpaired) electrons. The van der Waals surface area contributed by atoms with E-state index in [0.29, 0.717) is 40.5 Å². The maximum absolute atomic E-state index is 12.8. The Labute approximate surface area is 209 Å². The van der Waals surface area contributed by atoms with E-state index in [9.17, 15) is 14.4 Å². The standard InChI is InChI=1S/C27H28N2O7/c1-5-9-18-14-19(15-23(33-3)25(18)34-4)27(32)36-17-24(30)29(2)22-12-7-6-11-21(22)26(31)28-16-20-10-8-13-35-20/h5-8,10-15H,1,9,16-17H2,2-4H3,(H,28,31). The van der Waals surface area contributed by atoms with Crippen LogP contribution in [-0.4, -0.2) is 45.7 Å². The molecule has 1 heterocycles. The smallest absolute Gasteiger partial charge is 0.338 e. The number of methoxy groups -OCH3 is 2. The van der Waals surface area contributed by atoms with Gasteiger partial charge in [-0.25, -0.2) is 4.79 Å². The highest BCUT2D eigenvalue weighted by Crippen LogP contribution is 2.33. The lowest BCUT2D eigenvalue weighted by atomic mass is 10.1. The van der Waals surface area contributed by atoms with Crippen molar-refractivity contribution in [1.82, 2.24) is 5.32 Å². The normalized spacial score (nSPS) is 10.3. The van der Waals surface area contributed by atoms with Crippen molar-refractivity contribution in [2.75, 3.05) is 32.8 Å². The third kappa shape index (κ3) is 6.12. The van der Waals surface area contributed by atoms with Crippen molar-refractivity contribution in [3.63, 3.8) is 0 Å². The largest absolute Gasteiger partial charge is 0.493 e. The van der Waals surface area contributed by atoms with Crippen LogP contribution in [0.2, 0.25) is 0 Å². The number of ether oxygens (including phenoxy) is 3. The molecule has 0 saturated carbocycles. The minimum atomic E-state index is -0.701. The van der Waals surface area contributed by atoms with Crippen LogP contribution in [0.4, 0.5) is 5.69 Å². The second-order valence-electron chi connectivity index (χ2n) is 7.67. The molecule has 3 aromatic rings. The van der Waals surface area contributed by atoms with Crippen LogP contribution in [-0.2, 0) is 22.5 Å². The number of hydrogen-bond acceptors (Lipinski definition) is 7.